The van der Waals surface area contributed by atoms with E-state index >= 15 is 0 Å². The minimum Gasteiger partial charge on any atom is -0.310 e. The third-order valence-electron chi connectivity index (χ3n) is 3.84. The van der Waals surface area contributed by atoms with Crippen LogP contribution in [-0.2, 0) is 0 Å². The van der Waals surface area contributed by atoms with Gasteiger partial charge >= 0.3 is 0 Å². The topological polar surface area (TPSA) is 15.3 Å². The van der Waals surface area contributed by atoms with Crippen LogP contribution in [0.15, 0.2) is 0 Å². The Morgan fingerprint density at radius 1 is 1.40 bits per heavy atom. The fourth-order valence-corrected chi connectivity index (χ4v) is 2.99. The van der Waals surface area contributed by atoms with Crippen LogP contribution >= 0.6 is 0 Å². The van der Waals surface area contributed by atoms with E-state index < -0.39 is 0 Å². The molecule has 0 radical (unpaired) electrons. The van der Waals surface area contributed by atoms with Crippen molar-refractivity contribution in [3.05, 3.63) is 0 Å². The van der Waals surface area contributed by atoms with E-state index in [9.17, 15) is 0 Å². The Balaban J connectivity index is 1.86. The van der Waals surface area contributed by atoms with Crippen molar-refractivity contribution in [1.82, 2.24) is 10.2 Å². The highest BCUT2D eigenvalue weighted by Crippen LogP contribution is 2.40. The Labute approximate surface area is 94.4 Å². The maximum Gasteiger partial charge on any atom is 0.0252 e. The Bertz CT molecular complexity index is 213. The highest BCUT2D eigenvalue weighted by atomic mass is 15.2. The summed E-state index contributed by atoms with van der Waals surface area (Å²) in [6.07, 6.45) is 5.58. The first-order chi connectivity index (χ1) is 7.12. The van der Waals surface area contributed by atoms with Crippen LogP contribution in [0.4, 0.5) is 0 Å². The Morgan fingerprint density at radius 2 is 2.20 bits per heavy atom. The molecule has 1 saturated heterocycles. The molecule has 0 aromatic rings. The largest absolute Gasteiger partial charge is 0.310 e. The number of hydrogen-bond acceptors (Lipinski definition) is 2. The van der Waals surface area contributed by atoms with Gasteiger partial charge in [0.2, 0.25) is 0 Å². The summed E-state index contributed by atoms with van der Waals surface area (Å²) < 4.78 is 0. The Kier molecular flexibility index (Phi) is 3.36. The van der Waals surface area contributed by atoms with Crippen molar-refractivity contribution in [3.8, 4) is 0 Å². The normalized spacial score (nSPS) is 36.2. The fraction of sp³-hybridized carbons (Fsp3) is 1.00. The van der Waals surface area contributed by atoms with Gasteiger partial charge in [0.1, 0.15) is 0 Å². The first kappa shape index (κ1) is 11.4. The summed E-state index contributed by atoms with van der Waals surface area (Å²) in [4.78, 5) is 2.74. The average molecular weight is 210 g/mol. The molecule has 2 aliphatic rings. The zero-order chi connectivity index (χ0) is 10.9. The molecule has 1 heterocycles. The lowest BCUT2D eigenvalue weighted by Crippen LogP contribution is -2.47. The van der Waals surface area contributed by atoms with Gasteiger partial charge in [-0.15, -0.1) is 0 Å². The molecule has 2 rings (SSSR count). The van der Waals surface area contributed by atoms with Gasteiger partial charge in [0, 0.05) is 18.1 Å². The van der Waals surface area contributed by atoms with E-state index in [-0.39, 0.29) is 0 Å². The summed E-state index contributed by atoms with van der Waals surface area (Å²) in [6.45, 7) is 10.7. The maximum absolute atomic E-state index is 3.64. The molecular weight excluding hydrogens is 184 g/mol. The highest BCUT2D eigenvalue weighted by molar-refractivity contribution is 4.98. The molecule has 0 bridgehead atoms. The SMILES string of the molecule is CCCC1CC1N1CCCNC(C)(C)C1. The minimum absolute atomic E-state index is 0.315. The van der Waals surface area contributed by atoms with E-state index in [0.29, 0.717) is 5.54 Å². The van der Waals surface area contributed by atoms with Gasteiger partial charge in [-0.3, -0.25) is 4.90 Å². The van der Waals surface area contributed by atoms with E-state index in [4.69, 9.17) is 0 Å². The monoisotopic (exact) mass is 210 g/mol. The van der Waals surface area contributed by atoms with Crippen molar-refractivity contribution < 1.29 is 0 Å². The number of nitrogens with zero attached hydrogens (tertiary/aromatic N) is 1. The molecule has 0 aromatic carbocycles. The van der Waals surface area contributed by atoms with Gasteiger partial charge in [-0.2, -0.15) is 0 Å². The standard InChI is InChI=1S/C13H26N2/c1-4-6-11-9-12(11)15-8-5-7-14-13(2,3)10-15/h11-12,14H,4-10H2,1-3H3. The number of rotatable bonds is 3. The lowest BCUT2D eigenvalue weighted by Gasteiger charge is -2.30. The summed E-state index contributed by atoms with van der Waals surface area (Å²) in [5.41, 5.74) is 0.315. The van der Waals surface area contributed by atoms with E-state index in [0.717, 1.165) is 12.0 Å². The second-order valence-corrected chi connectivity index (χ2v) is 5.99. The van der Waals surface area contributed by atoms with Gasteiger partial charge in [-0.1, -0.05) is 13.3 Å². The van der Waals surface area contributed by atoms with Crippen LogP contribution in [-0.4, -0.2) is 36.1 Å². The zero-order valence-electron chi connectivity index (χ0n) is 10.6. The van der Waals surface area contributed by atoms with Crippen LogP contribution in [0.25, 0.3) is 0 Å². The molecule has 0 amide bonds. The Hall–Kier alpha value is -0.0800. The molecule has 2 atom stereocenters. The van der Waals surface area contributed by atoms with Crippen molar-refractivity contribution in [2.24, 2.45) is 5.92 Å². The summed E-state index contributed by atoms with van der Waals surface area (Å²) in [5, 5.41) is 3.64. The molecule has 15 heavy (non-hydrogen) atoms. The van der Waals surface area contributed by atoms with E-state index in [1.54, 1.807) is 0 Å². The molecule has 2 fully saturated rings. The lowest BCUT2D eigenvalue weighted by atomic mass is 10.1. The van der Waals surface area contributed by atoms with Gasteiger partial charge in [-0.05, 0) is 52.1 Å². The van der Waals surface area contributed by atoms with Gasteiger partial charge in [0.05, 0.1) is 0 Å². The molecule has 1 saturated carbocycles. The summed E-state index contributed by atoms with van der Waals surface area (Å²) in [7, 11) is 0. The molecule has 1 aliphatic heterocycles. The van der Waals surface area contributed by atoms with E-state index in [1.807, 2.05) is 0 Å². The van der Waals surface area contributed by atoms with Gasteiger partial charge in [-0.25, -0.2) is 0 Å². The fourth-order valence-electron chi connectivity index (χ4n) is 2.99. The molecule has 88 valence electrons. The molecule has 2 nitrogen and oxygen atoms in total. The first-order valence-corrected chi connectivity index (χ1v) is 6.61. The van der Waals surface area contributed by atoms with Crippen molar-refractivity contribution >= 4 is 0 Å². The minimum atomic E-state index is 0.315. The molecule has 0 aromatic heterocycles. The van der Waals surface area contributed by atoms with Crippen molar-refractivity contribution in [1.29, 1.82) is 0 Å². The second kappa shape index (κ2) is 4.42. The summed E-state index contributed by atoms with van der Waals surface area (Å²) >= 11 is 0. The molecule has 2 unspecified atom stereocenters. The highest BCUT2D eigenvalue weighted by Gasteiger charge is 2.42. The number of hydrogen-bond donors (Lipinski definition) is 1. The summed E-state index contributed by atoms with van der Waals surface area (Å²) in [5.74, 6) is 1.02. The maximum atomic E-state index is 3.64. The Morgan fingerprint density at radius 3 is 2.93 bits per heavy atom. The third kappa shape index (κ3) is 2.94. The van der Waals surface area contributed by atoms with Crippen LogP contribution in [0.5, 0.6) is 0 Å². The molecule has 0 spiro atoms. The predicted molar refractivity (Wildman–Crippen MR) is 65.1 cm³/mol. The van der Waals surface area contributed by atoms with Gasteiger partial charge < -0.3 is 5.32 Å². The van der Waals surface area contributed by atoms with Crippen LogP contribution in [0.3, 0.4) is 0 Å². The first-order valence-electron chi connectivity index (χ1n) is 6.61. The van der Waals surface area contributed by atoms with Crippen LogP contribution in [0.1, 0.15) is 46.5 Å². The third-order valence-corrected chi connectivity index (χ3v) is 3.84. The van der Waals surface area contributed by atoms with Crippen LogP contribution in [0, 0.1) is 5.92 Å². The van der Waals surface area contributed by atoms with Crippen molar-refractivity contribution in [2.75, 3.05) is 19.6 Å². The van der Waals surface area contributed by atoms with E-state index in [1.165, 1.54) is 45.3 Å². The molecule has 1 N–H and O–H groups in total. The van der Waals surface area contributed by atoms with Gasteiger partial charge in [0.25, 0.3) is 0 Å². The molecular formula is C13H26N2. The van der Waals surface area contributed by atoms with Crippen molar-refractivity contribution in [2.45, 2.75) is 58.0 Å². The van der Waals surface area contributed by atoms with E-state index in [2.05, 4.69) is 31.0 Å². The smallest absolute Gasteiger partial charge is 0.0252 e. The van der Waals surface area contributed by atoms with Crippen LogP contribution < -0.4 is 5.32 Å². The van der Waals surface area contributed by atoms with Crippen molar-refractivity contribution in [3.63, 3.8) is 0 Å². The predicted octanol–water partition coefficient (Wildman–Crippen LogP) is 2.25. The lowest BCUT2D eigenvalue weighted by molar-refractivity contribution is 0.212. The quantitative estimate of drug-likeness (QED) is 0.768. The van der Waals surface area contributed by atoms with Crippen LogP contribution in [0.2, 0.25) is 0 Å². The van der Waals surface area contributed by atoms with Gasteiger partial charge in [0.15, 0.2) is 0 Å². The second-order valence-electron chi connectivity index (χ2n) is 5.99. The average Bonchev–Trinajstić information content (AvgIpc) is 2.90. The molecule has 1 aliphatic carbocycles. The number of nitrogens with one attached hydrogen (secondary N) is 1. The molecule has 2 heteroatoms. The zero-order valence-corrected chi connectivity index (χ0v) is 10.6. The summed E-state index contributed by atoms with van der Waals surface area (Å²) in [6, 6.07) is 0.920.